The van der Waals surface area contributed by atoms with Crippen LogP contribution in [0.2, 0.25) is 0 Å². The fourth-order valence-electron chi connectivity index (χ4n) is 5.16. The van der Waals surface area contributed by atoms with E-state index in [9.17, 15) is 39.3 Å². The molecule has 0 aromatic heterocycles. The van der Waals surface area contributed by atoms with Crippen LogP contribution in [-0.2, 0) is 35.3 Å². The number of amides is 1. The molecule has 1 aromatic carbocycles. The van der Waals surface area contributed by atoms with Crippen molar-refractivity contribution in [2.75, 3.05) is 78.5 Å². The molecular weight excluding hydrogens is 614 g/mol. The first-order chi connectivity index (χ1) is 22.2. The van der Waals surface area contributed by atoms with Crippen molar-refractivity contribution in [1.82, 2.24) is 24.9 Å². The van der Waals surface area contributed by atoms with Gasteiger partial charge in [-0.3, -0.25) is 38.8 Å². The second-order valence-electron chi connectivity index (χ2n) is 12.6. The lowest BCUT2D eigenvalue weighted by molar-refractivity contribution is -0.162. The molecule has 1 atom stereocenters. The van der Waals surface area contributed by atoms with E-state index in [4.69, 9.17) is 9.47 Å². The number of alkyl carbamates (subject to hydrolysis) is 1. The number of unbranched alkanes of at least 4 members (excludes halogenated alkanes) is 1. The average Bonchev–Trinajstić information content (AvgIpc) is 2.97. The highest BCUT2D eigenvalue weighted by Crippen LogP contribution is 2.17. The van der Waals surface area contributed by atoms with E-state index in [1.807, 2.05) is 35.2 Å². The molecule has 0 radical (unpaired) electrons. The average molecular weight is 666 g/mol. The zero-order chi connectivity index (χ0) is 34.8. The van der Waals surface area contributed by atoms with E-state index in [-0.39, 0.29) is 65.5 Å². The summed E-state index contributed by atoms with van der Waals surface area (Å²) < 4.78 is 11.0. The third kappa shape index (κ3) is 17.6. The number of benzene rings is 1. The van der Waals surface area contributed by atoms with Crippen molar-refractivity contribution in [3.8, 4) is 0 Å². The number of esters is 1. The standard InChI is InChI=1S/C32H51N5O10/c1-32(2,3)47-30(44)26(11-7-8-12-33-31(45)46-24-25-9-5-4-6-10-25)37-19-17-35(22-28(40)41)15-13-34(21-27(38)39)14-16-36(18-20-37)23-29(42)43/h4-6,9-10,26H,7-8,11-24H2,1-3H3,(H,33,45)(H,38,39)(H,40,41)(H,42,43). The van der Waals surface area contributed by atoms with E-state index >= 15 is 0 Å². The van der Waals surface area contributed by atoms with Gasteiger partial charge in [0.15, 0.2) is 0 Å². The summed E-state index contributed by atoms with van der Waals surface area (Å²) in [5.74, 6) is -3.53. The van der Waals surface area contributed by atoms with Crippen LogP contribution in [-0.4, -0.2) is 155 Å². The molecule has 47 heavy (non-hydrogen) atoms. The molecule has 1 unspecified atom stereocenters. The SMILES string of the molecule is CC(C)(C)OC(=O)C(CCCCNC(=O)OCc1ccccc1)N1CCN(CC(=O)O)CCN(CC(=O)O)CCN(CC(=O)O)CC1. The van der Waals surface area contributed by atoms with Crippen molar-refractivity contribution in [2.45, 2.75) is 58.3 Å². The fourth-order valence-corrected chi connectivity index (χ4v) is 5.16. The highest BCUT2D eigenvalue weighted by atomic mass is 16.6. The Morgan fingerprint density at radius 2 is 1.21 bits per heavy atom. The van der Waals surface area contributed by atoms with Gasteiger partial charge in [-0.25, -0.2) is 4.79 Å². The number of carboxylic acid groups (broad SMARTS) is 3. The number of hydrogen-bond acceptors (Lipinski definition) is 11. The number of ether oxygens (including phenoxy) is 2. The number of carbonyl (C=O) groups is 5. The smallest absolute Gasteiger partial charge is 0.407 e. The molecule has 0 bridgehead atoms. The Labute approximate surface area is 276 Å². The van der Waals surface area contributed by atoms with Crippen molar-refractivity contribution >= 4 is 30.0 Å². The number of aliphatic carboxylic acids is 3. The third-order valence-electron chi connectivity index (χ3n) is 7.45. The summed E-state index contributed by atoms with van der Waals surface area (Å²) in [7, 11) is 0. The molecule has 1 aromatic rings. The van der Waals surface area contributed by atoms with E-state index in [1.165, 1.54) is 0 Å². The van der Waals surface area contributed by atoms with Crippen LogP contribution >= 0.6 is 0 Å². The summed E-state index contributed by atoms with van der Waals surface area (Å²) in [5, 5.41) is 31.2. The van der Waals surface area contributed by atoms with Gasteiger partial charge >= 0.3 is 30.0 Å². The number of rotatable bonds is 15. The van der Waals surface area contributed by atoms with Crippen molar-refractivity contribution in [2.24, 2.45) is 0 Å². The Morgan fingerprint density at radius 1 is 0.745 bits per heavy atom. The summed E-state index contributed by atoms with van der Waals surface area (Å²) in [6, 6.07) is 8.61. The quantitative estimate of drug-likeness (QED) is 0.155. The fraction of sp³-hybridized carbons (Fsp3) is 0.656. The van der Waals surface area contributed by atoms with E-state index in [2.05, 4.69) is 5.32 Å². The highest BCUT2D eigenvalue weighted by Gasteiger charge is 2.31. The van der Waals surface area contributed by atoms with E-state index in [1.54, 1.807) is 35.5 Å². The summed E-state index contributed by atoms with van der Waals surface area (Å²) in [5.41, 5.74) is 0.111. The minimum atomic E-state index is -1.03. The second-order valence-corrected chi connectivity index (χ2v) is 12.6. The Kier molecular flexibility index (Phi) is 17.1. The molecule has 1 heterocycles. The first-order valence-corrected chi connectivity index (χ1v) is 16.0. The molecule has 15 nitrogen and oxygen atoms in total. The molecule has 1 amide bonds. The van der Waals surface area contributed by atoms with Gasteiger partial charge in [0.1, 0.15) is 18.2 Å². The van der Waals surface area contributed by atoms with E-state index in [0.29, 0.717) is 38.9 Å². The molecule has 2 rings (SSSR count). The van der Waals surface area contributed by atoms with Gasteiger partial charge in [0.05, 0.1) is 19.6 Å². The van der Waals surface area contributed by atoms with Gasteiger partial charge in [0.2, 0.25) is 0 Å². The van der Waals surface area contributed by atoms with Crippen molar-refractivity contribution in [3.05, 3.63) is 35.9 Å². The van der Waals surface area contributed by atoms with Gasteiger partial charge in [-0.1, -0.05) is 30.3 Å². The third-order valence-corrected chi connectivity index (χ3v) is 7.45. The first kappa shape index (κ1) is 39.4. The summed E-state index contributed by atoms with van der Waals surface area (Å²) in [6.07, 6.45) is 0.962. The van der Waals surface area contributed by atoms with Gasteiger partial charge < -0.3 is 30.1 Å². The monoisotopic (exact) mass is 665 g/mol. The van der Waals surface area contributed by atoms with Crippen LogP contribution in [0.4, 0.5) is 4.79 Å². The first-order valence-electron chi connectivity index (χ1n) is 16.0. The van der Waals surface area contributed by atoms with Gasteiger partial charge in [0.25, 0.3) is 0 Å². The zero-order valence-corrected chi connectivity index (χ0v) is 27.8. The van der Waals surface area contributed by atoms with Crippen molar-refractivity contribution in [1.29, 1.82) is 0 Å². The molecule has 1 saturated heterocycles. The lowest BCUT2D eigenvalue weighted by atomic mass is 10.1. The molecule has 15 heteroatoms. The van der Waals surface area contributed by atoms with Crippen molar-refractivity contribution < 1.29 is 48.8 Å². The predicted molar refractivity (Wildman–Crippen MR) is 172 cm³/mol. The largest absolute Gasteiger partial charge is 0.480 e. The van der Waals surface area contributed by atoms with Gasteiger partial charge in [0, 0.05) is 58.9 Å². The molecule has 4 N–H and O–H groups in total. The van der Waals surface area contributed by atoms with Crippen LogP contribution in [0, 0.1) is 0 Å². The lowest BCUT2D eigenvalue weighted by Gasteiger charge is -2.36. The number of hydrogen-bond donors (Lipinski definition) is 4. The molecular formula is C32H51N5O10. The molecule has 0 aliphatic carbocycles. The molecule has 0 saturated carbocycles. The minimum Gasteiger partial charge on any atom is -0.480 e. The van der Waals surface area contributed by atoms with Crippen LogP contribution in [0.1, 0.15) is 45.6 Å². The molecule has 1 aliphatic heterocycles. The van der Waals surface area contributed by atoms with Crippen molar-refractivity contribution in [3.63, 3.8) is 0 Å². The van der Waals surface area contributed by atoms with Crippen LogP contribution in [0.15, 0.2) is 30.3 Å². The van der Waals surface area contributed by atoms with Crippen LogP contribution in [0.5, 0.6) is 0 Å². The number of nitrogens with one attached hydrogen (secondary N) is 1. The maximum atomic E-state index is 13.6. The topological polar surface area (TPSA) is 189 Å². The predicted octanol–water partition coefficient (Wildman–Crippen LogP) is 1.27. The number of carbonyl (C=O) groups excluding carboxylic acids is 2. The second kappa shape index (κ2) is 20.4. The Bertz CT molecular complexity index is 1110. The molecule has 1 fully saturated rings. The number of nitrogens with zero attached hydrogens (tertiary/aromatic N) is 4. The van der Waals surface area contributed by atoms with E-state index < -0.39 is 41.6 Å². The van der Waals surface area contributed by atoms with Crippen LogP contribution in [0.3, 0.4) is 0 Å². The van der Waals surface area contributed by atoms with Crippen LogP contribution in [0.25, 0.3) is 0 Å². The Morgan fingerprint density at radius 3 is 1.66 bits per heavy atom. The number of carboxylic acids is 3. The van der Waals surface area contributed by atoms with Gasteiger partial charge in [-0.15, -0.1) is 0 Å². The summed E-state index contributed by atoms with van der Waals surface area (Å²) in [4.78, 5) is 67.5. The lowest BCUT2D eigenvalue weighted by Crippen LogP contribution is -2.52. The highest BCUT2D eigenvalue weighted by molar-refractivity contribution is 5.76. The van der Waals surface area contributed by atoms with E-state index in [0.717, 1.165) is 5.56 Å². The zero-order valence-electron chi connectivity index (χ0n) is 27.8. The molecule has 264 valence electrons. The summed E-state index contributed by atoms with van der Waals surface area (Å²) in [6.45, 7) is 7.26. The molecule has 0 spiro atoms. The maximum absolute atomic E-state index is 13.6. The van der Waals surface area contributed by atoms with Gasteiger partial charge in [-0.05, 0) is 45.6 Å². The normalized spacial score (nSPS) is 17.1. The van der Waals surface area contributed by atoms with Crippen LogP contribution < -0.4 is 5.32 Å². The minimum absolute atomic E-state index is 0.151. The maximum Gasteiger partial charge on any atom is 0.407 e. The molecule has 1 aliphatic rings. The van der Waals surface area contributed by atoms with Gasteiger partial charge in [-0.2, -0.15) is 0 Å². The summed E-state index contributed by atoms with van der Waals surface area (Å²) >= 11 is 0. The Balaban J connectivity index is 2.15. The Hall–Kier alpha value is -3.79.